The van der Waals surface area contributed by atoms with E-state index in [2.05, 4.69) is 12.1 Å². The number of amides is 2. The average molecular weight is 469 g/mol. The fourth-order valence-corrected chi connectivity index (χ4v) is 5.52. The van der Waals surface area contributed by atoms with Gasteiger partial charge >= 0.3 is 0 Å². The topological polar surface area (TPSA) is 59.1 Å². The summed E-state index contributed by atoms with van der Waals surface area (Å²) >= 11 is 6.44. The highest BCUT2D eigenvalue weighted by Gasteiger charge is 2.36. The average Bonchev–Trinajstić information content (AvgIpc) is 3.47. The molecule has 6 nitrogen and oxygen atoms in total. The maximum Gasteiger partial charge on any atom is 0.231 e. The van der Waals surface area contributed by atoms with Gasteiger partial charge in [-0.15, -0.1) is 0 Å². The van der Waals surface area contributed by atoms with Crippen LogP contribution in [0.4, 0.5) is 0 Å². The van der Waals surface area contributed by atoms with Crippen molar-refractivity contribution in [2.75, 3.05) is 26.4 Å². The van der Waals surface area contributed by atoms with Crippen molar-refractivity contribution in [3.63, 3.8) is 0 Å². The first-order valence-corrected chi connectivity index (χ1v) is 12.2. The number of nitrogens with zero attached hydrogens (tertiary/aromatic N) is 2. The predicted octanol–water partition coefficient (Wildman–Crippen LogP) is 4.60. The molecule has 33 heavy (non-hydrogen) atoms. The number of halogens is 1. The van der Waals surface area contributed by atoms with Gasteiger partial charge in [-0.25, -0.2) is 0 Å². The minimum Gasteiger partial charge on any atom is -0.454 e. The maximum atomic E-state index is 13.7. The van der Waals surface area contributed by atoms with Crippen LogP contribution >= 0.6 is 11.6 Å². The lowest BCUT2D eigenvalue weighted by Gasteiger charge is -2.30. The first kappa shape index (κ1) is 22.1. The number of hydrogen-bond donors (Lipinski definition) is 0. The van der Waals surface area contributed by atoms with Crippen molar-refractivity contribution in [3.8, 4) is 11.5 Å². The molecule has 7 heteroatoms. The molecular weight excluding hydrogens is 440 g/mol. The lowest BCUT2D eigenvalue weighted by Crippen LogP contribution is -2.40. The first-order chi connectivity index (χ1) is 16.1. The molecule has 2 aliphatic heterocycles. The molecule has 0 N–H and O–H groups in total. The molecule has 0 aromatic heterocycles. The summed E-state index contributed by atoms with van der Waals surface area (Å²) in [5, 5.41) is 0.551. The van der Waals surface area contributed by atoms with E-state index >= 15 is 0 Å². The Kier molecular flexibility index (Phi) is 6.45. The van der Waals surface area contributed by atoms with Crippen LogP contribution in [0.1, 0.15) is 49.1 Å². The maximum absolute atomic E-state index is 13.7. The van der Waals surface area contributed by atoms with Crippen LogP contribution in [0.5, 0.6) is 11.5 Å². The minimum absolute atomic E-state index is 0.0381. The number of benzene rings is 2. The molecule has 1 atom stereocenters. The molecule has 0 spiro atoms. The van der Waals surface area contributed by atoms with Gasteiger partial charge in [-0.3, -0.25) is 9.59 Å². The van der Waals surface area contributed by atoms with Crippen LogP contribution in [0.3, 0.4) is 0 Å². The molecule has 2 heterocycles. The van der Waals surface area contributed by atoms with E-state index in [0.29, 0.717) is 55.0 Å². The van der Waals surface area contributed by atoms with Gasteiger partial charge in [0.2, 0.25) is 18.6 Å². The van der Waals surface area contributed by atoms with Gasteiger partial charge in [-0.2, -0.15) is 0 Å². The normalized spacial score (nSPS) is 19.6. The van der Waals surface area contributed by atoms with E-state index in [0.717, 1.165) is 24.0 Å². The van der Waals surface area contributed by atoms with E-state index in [1.165, 1.54) is 12.8 Å². The molecule has 1 saturated carbocycles. The molecule has 0 bridgehead atoms. The summed E-state index contributed by atoms with van der Waals surface area (Å²) in [4.78, 5) is 30.3. The largest absolute Gasteiger partial charge is 0.454 e. The Bertz CT molecular complexity index is 1020. The Morgan fingerprint density at radius 3 is 2.52 bits per heavy atom. The lowest BCUT2D eigenvalue weighted by atomic mass is 9.83. The fourth-order valence-electron chi connectivity index (χ4n) is 5.30. The number of ether oxygens (including phenoxy) is 2. The van der Waals surface area contributed by atoms with Crippen LogP contribution in [0.25, 0.3) is 0 Å². The van der Waals surface area contributed by atoms with Crippen LogP contribution in [0.2, 0.25) is 5.02 Å². The molecule has 0 radical (unpaired) electrons. The zero-order valence-corrected chi connectivity index (χ0v) is 19.4. The molecule has 3 aliphatic rings. The summed E-state index contributed by atoms with van der Waals surface area (Å²) in [7, 11) is 0. The van der Waals surface area contributed by atoms with E-state index in [9.17, 15) is 9.59 Å². The van der Waals surface area contributed by atoms with Gasteiger partial charge in [0.05, 0.1) is 5.92 Å². The molecule has 1 unspecified atom stereocenters. The van der Waals surface area contributed by atoms with E-state index in [4.69, 9.17) is 21.1 Å². The second-order valence-corrected chi connectivity index (χ2v) is 9.53. The van der Waals surface area contributed by atoms with Gasteiger partial charge in [0, 0.05) is 43.7 Å². The summed E-state index contributed by atoms with van der Waals surface area (Å²) in [6, 6.07) is 13.7. The molecule has 1 aliphatic carbocycles. The Morgan fingerprint density at radius 2 is 1.76 bits per heavy atom. The standard InChI is InChI=1S/C26H29ClN2O4/c27-21-15-23-22(32-17-33-23)14-20(21)16-29-13-12-28(11-10-24(29)30)26(31)25(19-8-4-5-9-19)18-6-2-1-3-7-18/h1-3,6-7,14-15,19,25H,4-5,8-13,16-17H2. The lowest BCUT2D eigenvalue weighted by molar-refractivity contribution is -0.134. The number of fused-ring (bicyclic) bond motifs is 1. The predicted molar refractivity (Wildman–Crippen MR) is 125 cm³/mol. The molecular formula is C26H29ClN2O4. The quantitative estimate of drug-likeness (QED) is 0.643. The van der Waals surface area contributed by atoms with Crippen LogP contribution < -0.4 is 9.47 Å². The summed E-state index contributed by atoms with van der Waals surface area (Å²) < 4.78 is 10.8. The monoisotopic (exact) mass is 468 g/mol. The van der Waals surface area contributed by atoms with Crippen LogP contribution in [-0.4, -0.2) is 48.0 Å². The highest BCUT2D eigenvalue weighted by Crippen LogP contribution is 2.39. The van der Waals surface area contributed by atoms with Crippen molar-refractivity contribution in [1.82, 2.24) is 9.80 Å². The second kappa shape index (κ2) is 9.64. The Hall–Kier alpha value is -2.73. The third-order valence-corrected chi connectivity index (χ3v) is 7.45. The number of carbonyl (C=O) groups excluding carboxylic acids is 2. The van der Waals surface area contributed by atoms with Gasteiger partial charge in [-0.1, -0.05) is 54.8 Å². The number of carbonyl (C=O) groups is 2. The zero-order chi connectivity index (χ0) is 22.8. The van der Waals surface area contributed by atoms with Crippen LogP contribution in [-0.2, 0) is 16.1 Å². The minimum atomic E-state index is -0.126. The van der Waals surface area contributed by atoms with Crippen LogP contribution in [0, 0.1) is 5.92 Å². The molecule has 2 amide bonds. The van der Waals surface area contributed by atoms with Gasteiger partial charge in [0.1, 0.15) is 0 Å². The summed E-state index contributed by atoms with van der Waals surface area (Å²) in [6.45, 7) is 2.04. The Morgan fingerprint density at radius 1 is 1.03 bits per heavy atom. The van der Waals surface area contributed by atoms with Crippen molar-refractivity contribution in [1.29, 1.82) is 0 Å². The van der Waals surface area contributed by atoms with Crippen molar-refractivity contribution in [2.24, 2.45) is 5.92 Å². The Labute approximate surface area is 199 Å². The molecule has 174 valence electrons. The highest BCUT2D eigenvalue weighted by atomic mass is 35.5. The van der Waals surface area contributed by atoms with Gasteiger partial charge in [0.15, 0.2) is 11.5 Å². The van der Waals surface area contributed by atoms with E-state index in [1.54, 1.807) is 11.0 Å². The Balaban J connectivity index is 1.30. The SMILES string of the molecule is O=C1CCN(C(=O)C(c2ccccc2)C2CCCC2)CCN1Cc1cc2c(cc1Cl)OCO2. The van der Waals surface area contributed by atoms with Crippen molar-refractivity contribution in [3.05, 3.63) is 58.6 Å². The fraction of sp³-hybridized carbons (Fsp3) is 0.462. The third kappa shape index (κ3) is 4.67. The van der Waals surface area contributed by atoms with Crippen molar-refractivity contribution < 1.29 is 19.1 Å². The van der Waals surface area contributed by atoms with E-state index in [1.807, 2.05) is 29.2 Å². The number of hydrogen-bond acceptors (Lipinski definition) is 4. The highest BCUT2D eigenvalue weighted by molar-refractivity contribution is 6.31. The molecule has 2 aromatic rings. The number of rotatable bonds is 5. The third-order valence-electron chi connectivity index (χ3n) is 7.10. The first-order valence-electron chi connectivity index (χ1n) is 11.8. The van der Waals surface area contributed by atoms with Gasteiger partial charge in [-0.05, 0) is 36.0 Å². The van der Waals surface area contributed by atoms with Crippen molar-refractivity contribution in [2.45, 2.75) is 44.6 Å². The smallest absolute Gasteiger partial charge is 0.231 e. The molecule has 2 fully saturated rings. The summed E-state index contributed by atoms with van der Waals surface area (Å²) in [5.41, 5.74) is 1.91. The second-order valence-electron chi connectivity index (χ2n) is 9.12. The van der Waals surface area contributed by atoms with Crippen LogP contribution in [0.15, 0.2) is 42.5 Å². The zero-order valence-electron chi connectivity index (χ0n) is 18.7. The van der Waals surface area contributed by atoms with Crippen molar-refractivity contribution >= 4 is 23.4 Å². The molecule has 1 saturated heterocycles. The summed E-state index contributed by atoms with van der Waals surface area (Å²) in [6.07, 6.45) is 4.87. The molecule has 2 aromatic carbocycles. The summed E-state index contributed by atoms with van der Waals surface area (Å²) in [5.74, 6) is 1.72. The van der Waals surface area contributed by atoms with Gasteiger partial charge in [0.25, 0.3) is 0 Å². The van der Waals surface area contributed by atoms with E-state index in [-0.39, 0.29) is 24.5 Å². The van der Waals surface area contributed by atoms with E-state index < -0.39 is 0 Å². The van der Waals surface area contributed by atoms with Gasteiger partial charge < -0.3 is 19.3 Å². The molecule has 5 rings (SSSR count).